The van der Waals surface area contributed by atoms with E-state index < -0.39 is 15.6 Å². The van der Waals surface area contributed by atoms with Crippen molar-refractivity contribution in [3.8, 4) is 6.07 Å². The lowest BCUT2D eigenvalue weighted by atomic mass is 9.84. The summed E-state index contributed by atoms with van der Waals surface area (Å²) in [5.41, 5.74) is -0.0723. The zero-order valence-electron chi connectivity index (χ0n) is 24.0. The first-order valence-electron chi connectivity index (χ1n) is 13.8. The summed E-state index contributed by atoms with van der Waals surface area (Å²) in [5, 5.41) is 18.0. The Balaban J connectivity index is 1.62. The highest BCUT2D eigenvalue weighted by molar-refractivity contribution is 7.89. The zero-order valence-corrected chi connectivity index (χ0v) is 24.9. The average molecular weight is 597 g/mol. The van der Waals surface area contributed by atoms with Crippen LogP contribution in [0.15, 0.2) is 46.2 Å². The number of aromatic amines is 1. The molecule has 0 saturated carbocycles. The van der Waals surface area contributed by atoms with Crippen LogP contribution in [0.2, 0.25) is 0 Å². The third-order valence-corrected chi connectivity index (χ3v) is 9.52. The summed E-state index contributed by atoms with van der Waals surface area (Å²) >= 11 is 0. The van der Waals surface area contributed by atoms with E-state index in [9.17, 15) is 28.1 Å². The molecular formula is C28H36N8O5S. The molecule has 13 nitrogen and oxygen atoms in total. The van der Waals surface area contributed by atoms with Crippen LogP contribution in [0.25, 0.3) is 10.9 Å². The Hall–Kier alpha value is -4.22. The number of amides is 2. The van der Waals surface area contributed by atoms with Crippen molar-refractivity contribution >= 4 is 44.7 Å². The number of nitriles is 1. The second kappa shape index (κ2) is 12.7. The first kappa shape index (κ1) is 30.7. The maximum atomic E-state index is 13.0. The summed E-state index contributed by atoms with van der Waals surface area (Å²) < 4.78 is 27.7. The number of carbonyl (C=O) groups is 2. The van der Waals surface area contributed by atoms with Crippen LogP contribution in [-0.4, -0.2) is 89.9 Å². The van der Waals surface area contributed by atoms with Crippen molar-refractivity contribution in [2.24, 2.45) is 0 Å². The SMILES string of the molecule is CCCCN(C=O)CC(=O)N1CCC(CC#N)(n2nc(Nc3ccc(S(=O)(=O)N(C)C)cc3)c3c(=O)[nH]ccc32)CC1. The van der Waals surface area contributed by atoms with Gasteiger partial charge in [-0.05, 0) is 49.6 Å². The van der Waals surface area contributed by atoms with Crippen molar-refractivity contribution < 1.29 is 18.0 Å². The highest BCUT2D eigenvalue weighted by Crippen LogP contribution is 2.37. The number of fused-ring (bicyclic) bond motifs is 1. The van der Waals surface area contributed by atoms with Gasteiger partial charge in [0.1, 0.15) is 5.39 Å². The lowest BCUT2D eigenvalue weighted by Gasteiger charge is -2.41. The fourth-order valence-corrected chi connectivity index (χ4v) is 6.07. The van der Waals surface area contributed by atoms with E-state index in [4.69, 9.17) is 5.10 Å². The van der Waals surface area contributed by atoms with Crippen LogP contribution in [-0.2, 0) is 25.2 Å². The van der Waals surface area contributed by atoms with Crippen molar-refractivity contribution in [2.45, 2.75) is 49.5 Å². The Kier molecular flexibility index (Phi) is 9.33. The summed E-state index contributed by atoms with van der Waals surface area (Å²) in [6.07, 6.45) is 4.94. The molecule has 224 valence electrons. The minimum Gasteiger partial charge on any atom is -0.341 e. The van der Waals surface area contributed by atoms with Crippen molar-refractivity contribution in [1.82, 2.24) is 28.9 Å². The molecule has 1 aliphatic rings. The number of hydrogen-bond donors (Lipinski definition) is 2. The van der Waals surface area contributed by atoms with E-state index in [0.717, 1.165) is 17.1 Å². The van der Waals surface area contributed by atoms with Gasteiger partial charge >= 0.3 is 0 Å². The predicted molar refractivity (Wildman–Crippen MR) is 158 cm³/mol. The van der Waals surface area contributed by atoms with E-state index in [1.54, 1.807) is 27.8 Å². The number of nitrogens with zero attached hydrogens (tertiary/aromatic N) is 6. The molecule has 0 atom stereocenters. The van der Waals surface area contributed by atoms with E-state index in [2.05, 4.69) is 16.4 Å². The van der Waals surface area contributed by atoms with E-state index in [1.165, 1.54) is 37.3 Å². The van der Waals surface area contributed by atoms with Gasteiger partial charge in [-0.15, -0.1) is 0 Å². The fraction of sp³-hybridized carbons (Fsp3) is 0.464. The molecule has 2 amide bonds. The van der Waals surface area contributed by atoms with Crippen molar-refractivity contribution in [1.29, 1.82) is 5.26 Å². The van der Waals surface area contributed by atoms with Gasteiger partial charge in [0.25, 0.3) is 5.56 Å². The number of rotatable bonds is 12. The Bertz CT molecular complexity index is 1630. The number of H-pyrrole nitrogens is 1. The number of unbranched alkanes of at least 4 members (excludes halogenated alkanes) is 1. The number of sulfonamides is 1. The molecule has 0 radical (unpaired) electrons. The first-order chi connectivity index (χ1) is 20.1. The van der Waals surface area contributed by atoms with Gasteiger partial charge < -0.3 is 20.1 Å². The molecule has 1 aliphatic heterocycles. The molecular weight excluding hydrogens is 560 g/mol. The quantitative estimate of drug-likeness (QED) is 0.301. The third-order valence-electron chi connectivity index (χ3n) is 7.69. The van der Waals surface area contributed by atoms with Gasteiger partial charge in [-0.1, -0.05) is 13.3 Å². The van der Waals surface area contributed by atoms with Crippen LogP contribution in [0, 0.1) is 11.3 Å². The normalized spacial score (nSPS) is 15.0. The molecule has 3 heterocycles. The number of pyridine rings is 1. The Labute approximate surface area is 244 Å². The molecule has 14 heteroatoms. The predicted octanol–water partition coefficient (Wildman–Crippen LogP) is 2.21. The van der Waals surface area contributed by atoms with E-state index in [-0.39, 0.29) is 35.1 Å². The third kappa shape index (κ3) is 6.17. The number of benzene rings is 1. The molecule has 2 aromatic heterocycles. The minimum atomic E-state index is -3.60. The summed E-state index contributed by atoms with van der Waals surface area (Å²) in [4.78, 5) is 43.4. The summed E-state index contributed by atoms with van der Waals surface area (Å²) in [5.74, 6) is 0.121. The lowest BCUT2D eigenvalue weighted by molar-refractivity contribution is -0.137. The number of nitrogens with one attached hydrogen (secondary N) is 2. The van der Waals surface area contributed by atoms with Gasteiger partial charge in [-0.25, -0.2) is 12.7 Å². The van der Waals surface area contributed by atoms with Gasteiger partial charge in [0.05, 0.1) is 35.0 Å². The topological polar surface area (TPSA) is 164 Å². The van der Waals surface area contributed by atoms with Crippen LogP contribution in [0.4, 0.5) is 11.5 Å². The molecule has 0 bridgehead atoms. The largest absolute Gasteiger partial charge is 0.341 e. The van der Waals surface area contributed by atoms with Gasteiger partial charge in [0.15, 0.2) is 5.82 Å². The molecule has 2 N–H and O–H groups in total. The van der Waals surface area contributed by atoms with Gasteiger partial charge in [-0.3, -0.25) is 19.1 Å². The minimum absolute atomic E-state index is 0.0114. The van der Waals surface area contributed by atoms with Crippen molar-refractivity contribution in [2.75, 3.05) is 45.6 Å². The second-order valence-corrected chi connectivity index (χ2v) is 12.8. The molecule has 42 heavy (non-hydrogen) atoms. The maximum Gasteiger partial charge on any atom is 0.261 e. The molecule has 4 rings (SSSR count). The molecule has 1 saturated heterocycles. The highest BCUT2D eigenvalue weighted by Gasteiger charge is 2.40. The van der Waals surface area contributed by atoms with Crippen molar-refractivity contribution in [3.63, 3.8) is 0 Å². The van der Waals surface area contributed by atoms with Gasteiger partial charge in [0, 0.05) is 45.6 Å². The van der Waals surface area contributed by atoms with E-state index >= 15 is 0 Å². The second-order valence-electron chi connectivity index (χ2n) is 10.6. The highest BCUT2D eigenvalue weighted by atomic mass is 32.2. The summed E-state index contributed by atoms with van der Waals surface area (Å²) in [6.45, 7) is 3.30. The number of piperidine rings is 1. The summed E-state index contributed by atoms with van der Waals surface area (Å²) in [6, 6.07) is 10.1. The number of anilines is 2. The van der Waals surface area contributed by atoms with Gasteiger partial charge in [-0.2, -0.15) is 10.4 Å². The summed E-state index contributed by atoms with van der Waals surface area (Å²) in [7, 11) is -0.692. The van der Waals surface area contributed by atoms with Crippen LogP contribution in [0.3, 0.4) is 0 Å². The molecule has 1 aromatic carbocycles. The Morgan fingerprint density at radius 2 is 1.90 bits per heavy atom. The van der Waals surface area contributed by atoms with Crippen LogP contribution in [0.5, 0.6) is 0 Å². The lowest BCUT2D eigenvalue weighted by Crippen LogP contribution is -2.50. The smallest absolute Gasteiger partial charge is 0.261 e. The number of aromatic nitrogens is 3. The number of hydrogen-bond acceptors (Lipinski definition) is 8. The first-order valence-corrected chi connectivity index (χ1v) is 15.2. The standard InChI is InChI=1S/C28H36N8O5S/c1-4-5-16-34(20-37)19-24(38)35-17-12-28(11-14-29,13-18-35)36-23-10-15-30-27(39)25(23)26(32-36)31-21-6-8-22(9-7-21)42(40,41)33(2)3/h6-10,15,20H,4-5,11-13,16-19H2,1-3H3,(H,30,39)(H,31,32). The van der Waals surface area contributed by atoms with E-state index in [0.29, 0.717) is 55.5 Å². The Morgan fingerprint density at radius 1 is 1.21 bits per heavy atom. The van der Waals surface area contributed by atoms with Crippen LogP contribution in [0.1, 0.15) is 39.0 Å². The fourth-order valence-electron chi connectivity index (χ4n) is 5.17. The zero-order chi connectivity index (χ0) is 30.5. The van der Waals surface area contributed by atoms with Crippen molar-refractivity contribution in [3.05, 3.63) is 46.9 Å². The monoisotopic (exact) mass is 596 g/mol. The molecule has 0 aliphatic carbocycles. The Morgan fingerprint density at radius 3 is 2.50 bits per heavy atom. The number of likely N-dealkylation sites (tertiary alicyclic amines) is 1. The van der Waals surface area contributed by atoms with Crippen LogP contribution < -0.4 is 10.9 Å². The van der Waals surface area contributed by atoms with Crippen LogP contribution >= 0.6 is 0 Å². The number of carbonyl (C=O) groups excluding carboxylic acids is 2. The maximum absolute atomic E-state index is 13.0. The molecule has 0 unspecified atom stereocenters. The molecule has 1 fully saturated rings. The average Bonchev–Trinajstić information content (AvgIpc) is 3.35. The molecule has 3 aromatic rings. The van der Waals surface area contributed by atoms with Gasteiger partial charge in [0.2, 0.25) is 22.3 Å². The van der Waals surface area contributed by atoms with E-state index in [1.807, 2.05) is 6.92 Å². The molecule has 0 spiro atoms.